The molecule has 1 aromatic heterocycles. The highest BCUT2D eigenvalue weighted by atomic mass is 32.2. The van der Waals surface area contributed by atoms with Gasteiger partial charge in [0.1, 0.15) is 0 Å². The van der Waals surface area contributed by atoms with Crippen molar-refractivity contribution in [3.63, 3.8) is 0 Å². The summed E-state index contributed by atoms with van der Waals surface area (Å²) in [5, 5.41) is 2.53. The number of morpholine rings is 1. The number of amides is 1. The minimum Gasteiger partial charge on any atom is -0.459 e. The number of hydrogen-bond acceptors (Lipinski definition) is 5. The number of furan rings is 1. The molecular weight excluding hydrogens is 284 g/mol. The van der Waals surface area contributed by atoms with Gasteiger partial charge in [-0.15, -0.1) is 0 Å². The summed E-state index contributed by atoms with van der Waals surface area (Å²) >= 11 is 0. The lowest BCUT2D eigenvalue weighted by Gasteiger charge is -2.32. The maximum Gasteiger partial charge on any atom is 0.287 e. The van der Waals surface area contributed by atoms with E-state index in [9.17, 15) is 13.2 Å². The molecule has 1 N–H and O–H groups in total. The number of nitrogens with one attached hydrogen (secondary N) is 1. The SMILES string of the molecule is CC1COCCN1S(=O)(=O)CCNC(=O)c1ccco1. The van der Waals surface area contributed by atoms with Crippen molar-refractivity contribution >= 4 is 15.9 Å². The third-order valence-corrected chi connectivity index (χ3v) is 5.03. The molecule has 1 saturated heterocycles. The molecule has 7 nitrogen and oxygen atoms in total. The van der Waals surface area contributed by atoms with Crippen LogP contribution in [0.5, 0.6) is 0 Å². The smallest absolute Gasteiger partial charge is 0.287 e. The van der Waals surface area contributed by atoms with Gasteiger partial charge in [-0.05, 0) is 19.1 Å². The molecule has 112 valence electrons. The maximum atomic E-state index is 12.2. The van der Waals surface area contributed by atoms with Gasteiger partial charge >= 0.3 is 0 Å². The largest absolute Gasteiger partial charge is 0.459 e. The molecule has 0 saturated carbocycles. The molecule has 1 unspecified atom stereocenters. The lowest BCUT2D eigenvalue weighted by molar-refractivity contribution is 0.0393. The molecule has 20 heavy (non-hydrogen) atoms. The van der Waals surface area contributed by atoms with Gasteiger partial charge in [0.2, 0.25) is 10.0 Å². The van der Waals surface area contributed by atoms with Crippen LogP contribution in [-0.2, 0) is 14.8 Å². The average molecular weight is 302 g/mol. The Kier molecular flexibility index (Phi) is 4.79. The topological polar surface area (TPSA) is 88.9 Å². The van der Waals surface area contributed by atoms with Gasteiger partial charge in [0, 0.05) is 19.1 Å². The number of ether oxygens (including phenoxy) is 1. The molecule has 1 aliphatic rings. The van der Waals surface area contributed by atoms with Crippen molar-refractivity contribution in [1.29, 1.82) is 0 Å². The zero-order valence-corrected chi connectivity index (χ0v) is 12.1. The van der Waals surface area contributed by atoms with E-state index in [1.54, 1.807) is 13.0 Å². The van der Waals surface area contributed by atoms with Gasteiger partial charge < -0.3 is 14.5 Å². The van der Waals surface area contributed by atoms with Crippen LogP contribution >= 0.6 is 0 Å². The molecule has 0 aliphatic carbocycles. The zero-order valence-electron chi connectivity index (χ0n) is 11.2. The Morgan fingerprint density at radius 2 is 2.35 bits per heavy atom. The molecule has 0 radical (unpaired) electrons. The van der Waals surface area contributed by atoms with Gasteiger partial charge in [-0.1, -0.05) is 0 Å². The Balaban J connectivity index is 1.85. The Morgan fingerprint density at radius 1 is 1.55 bits per heavy atom. The first kappa shape index (κ1) is 15.0. The van der Waals surface area contributed by atoms with Crippen molar-refractivity contribution in [2.75, 3.05) is 32.1 Å². The fraction of sp³-hybridized carbons (Fsp3) is 0.583. The molecule has 0 aromatic carbocycles. The predicted octanol–water partition coefficient (Wildman–Crippen LogP) is 0.0599. The first-order valence-electron chi connectivity index (χ1n) is 6.39. The third-order valence-electron chi connectivity index (χ3n) is 3.05. The van der Waals surface area contributed by atoms with E-state index in [-0.39, 0.29) is 24.1 Å². The van der Waals surface area contributed by atoms with E-state index in [0.29, 0.717) is 19.8 Å². The van der Waals surface area contributed by atoms with E-state index in [1.807, 2.05) is 0 Å². The van der Waals surface area contributed by atoms with Crippen LogP contribution in [0.3, 0.4) is 0 Å². The summed E-state index contributed by atoms with van der Waals surface area (Å²) in [6, 6.07) is 2.95. The Bertz CT molecular complexity index is 540. The standard InChI is InChI=1S/C12H18N2O5S/c1-10-9-18-7-5-14(10)20(16,17)8-4-13-12(15)11-3-2-6-19-11/h2-3,6,10H,4-5,7-9H2,1H3,(H,13,15). The minimum absolute atomic E-state index is 0.0476. The number of hydrogen-bond donors (Lipinski definition) is 1. The lowest BCUT2D eigenvalue weighted by Crippen LogP contribution is -2.49. The molecule has 1 amide bonds. The second kappa shape index (κ2) is 6.38. The molecule has 1 aliphatic heterocycles. The normalized spacial score (nSPS) is 20.8. The van der Waals surface area contributed by atoms with Gasteiger partial charge in [-0.25, -0.2) is 8.42 Å². The quantitative estimate of drug-likeness (QED) is 0.831. The van der Waals surface area contributed by atoms with E-state index in [2.05, 4.69) is 5.32 Å². The van der Waals surface area contributed by atoms with Crippen LogP contribution < -0.4 is 5.32 Å². The summed E-state index contributed by atoms with van der Waals surface area (Å²) in [5.41, 5.74) is 0. The lowest BCUT2D eigenvalue weighted by atomic mass is 10.3. The fourth-order valence-electron chi connectivity index (χ4n) is 2.03. The van der Waals surface area contributed by atoms with Crippen molar-refractivity contribution < 1.29 is 22.4 Å². The van der Waals surface area contributed by atoms with E-state index in [4.69, 9.17) is 9.15 Å². The summed E-state index contributed by atoms with van der Waals surface area (Å²) in [4.78, 5) is 11.6. The first-order valence-corrected chi connectivity index (χ1v) is 8.00. The highest BCUT2D eigenvalue weighted by Gasteiger charge is 2.29. The molecule has 8 heteroatoms. The van der Waals surface area contributed by atoms with Crippen LogP contribution in [0.2, 0.25) is 0 Å². The van der Waals surface area contributed by atoms with Crippen LogP contribution in [-0.4, -0.2) is 56.7 Å². The molecule has 0 bridgehead atoms. The predicted molar refractivity (Wildman–Crippen MR) is 71.8 cm³/mol. The van der Waals surface area contributed by atoms with Gasteiger partial charge in [-0.2, -0.15) is 4.31 Å². The summed E-state index contributed by atoms with van der Waals surface area (Å²) < 4.78 is 35.9. The Labute approximate surface area is 117 Å². The van der Waals surface area contributed by atoms with Crippen LogP contribution in [0.25, 0.3) is 0 Å². The molecule has 1 aromatic rings. The summed E-state index contributed by atoms with van der Waals surface area (Å²) in [5.74, 6) is -0.383. The van der Waals surface area contributed by atoms with E-state index >= 15 is 0 Å². The molecule has 1 fully saturated rings. The van der Waals surface area contributed by atoms with Crippen molar-refractivity contribution in [2.24, 2.45) is 0 Å². The molecule has 2 rings (SSSR count). The summed E-state index contributed by atoms with van der Waals surface area (Å²) in [6.45, 7) is 3.01. The van der Waals surface area contributed by atoms with Crippen molar-refractivity contribution in [1.82, 2.24) is 9.62 Å². The fourth-order valence-corrected chi connectivity index (χ4v) is 3.59. The van der Waals surface area contributed by atoms with Crippen LogP contribution in [0.4, 0.5) is 0 Å². The molecular formula is C12H18N2O5S. The number of sulfonamides is 1. The van der Waals surface area contributed by atoms with Crippen LogP contribution in [0, 0.1) is 0 Å². The van der Waals surface area contributed by atoms with E-state index < -0.39 is 15.9 Å². The highest BCUT2D eigenvalue weighted by molar-refractivity contribution is 7.89. The monoisotopic (exact) mass is 302 g/mol. The number of rotatable bonds is 5. The number of carbonyl (C=O) groups excluding carboxylic acids is 1. The van der Waals surface area contributed by atoms with Crippen LogP contribution in [0.15, 0.2) is 22.8 Å². The Hall–Kier alpha value is -1.38. The zero-order chi connectivity index (χ0) is 14.6. The van der Waals surface area contributed by atoms with Gasteiger partial charge in [0.25, 0.3) is 5.91 Å². The van der Waals surface area contributed by atoms with Gasteiger partial charge in [0.05, 0.1) is 25.2 Å². The highest BCUT2D eigenvalue weighted by Crippen LogP contribution is 2.12. The Morgan fingerprint density at radius 3 is 3.00 bits per heavy atom. The third kappa shape index (κ3) is 3.59. The maximum absolute atomic E-state index is 12.2. The van der Waals surface area contributed by atoms with Crippen molar-refractivity contribution in [2.45, 2.75) is 13.0 Å². The number of nitrogens with zero attached hydrogens (tertiary/aromatic N) is 1. The minimum atomic E-state index is -3.39. The molecule has 1 atom stereocenters. The second-order valence-electron chi connectivity index (χ2n) is 4.58. The molecule has 2 heterocycles. The number of carbonyl (C=O) groups is 1. The summed E-state index contributed by atoms with van der Waals surface area (Å²) in [7, 11) is -3.39. The van der Waals surface area contributed by atoms with Crippen LogP contribution in [0.1, 0.15) is 17.5 Å². The molecule has 0 spiro atoms. The first-order chi connectivity index (χ1) is 9.50. The van der Waals surface area contributed by atoms with E-state index in [1.165, 1.54) is 16.6 Å². The van der Waals surface area contributed by atoms with Crippen molar-refractivity contribution in [3.8, 4) is 0 Å². The summed E-state index contributed by atoms with van der Waals surface area (Å²) in [6.07, 6.45) is 1.39. The average Bonchev–Trinajstić information content (AvgIpc) is 2.92. The second-order valence-corrected chi connectivity index (χ2v) is 6.62. The van der Waals surface area contributed by atoms with Crippen molar-refractivity contribution in [3.05, 3.63) is 24.2 Å². The van der Waals surface area contributed by atoms with Gasteiger partial charge in [-0.3, -0.25) is 4.79 Å². The van der Waals surface area contributed by atoms with Gasteiger partial charge in [0.15, 0.2) is 5.76 Å². The van der Waals surface area contributed by atoms with E-state index in [0.717, 1.165) is 0 Å².